The summed E-state index contributed by atoms with van der Waals surface area (Å²) in [5.41, 5.74) is 1.65. The van der Waals surface area contributed by atoms with Crippen molar-refractivity contribution in [2.24, 2.45) is 0 Å². The minimum absolute atomic E-state index is 0.0199. The molecule has 1 atom stereocenters. The normalized spacial score (nSPS) is 19.1. The fourth-order valence-corrected chi connectivity index (χ4v) is 5.59. The lowest BCUT2D eigenvalue weighted by Crippen LogP contribution is -2.37. The van der Waals surface area contributed by atoms with Crippen molar-refractivity contribution in [3.05, 3.63) is 46.4 Å². The monoisotopic (exact) mass is 401 g/mol. The third-order valence-corrected chi connectivity index (χ3v) is 7.07. The van der Waals surface area contributed by atoms with Crippen molar-refractivity contribution < 1.29 is 4.79 Å². The zero-order valence-electron chi connectivity index (χ0n) is 15.4. The third-order valence-electron chi connectivity index (χ3n) is 4.93. The van der Waals surface area contributed by atoms with E-state index >= 15 is 0 Å². The molecular weight excluding hydrogens is 378 g/mol. The maximum absolute atomic E-state index is 13.2. The van der Waals surface area contributed by atoms with E-state index in [0.29, 0.717) is 16.2 Å². The fraction of sp³-hybridized carbons (Fsp3) is 0.450. The number of piperidine rings is 1. The number of benzene rings is 1. The molecule has 2 aromatic rings. The number of fused-ring (bicyclic) bond motifs is 1. The predicted octanol–water partition coefficient (Wildman–Crippen LogP) is 3.37. The molecule has 1 saturated heterocycles. The van der Waals surface area contributed by atoms with E-state index in [0.717, 1.165) is 48.6 Å². The lowest BCUT2D eigenvalue weighted by Gasteiger charge is -2.26. The van der Waals surface area contributed by atoms with Gasteiger partial charge >= 0.3 is 0 Å². The molecule has 7 heteroatoms. The standard InChI is InChI=1S/C20H23N3O2S2/c1-14-12-16-18(27-14)19(25)23(15-8-4-2-5-9-15)20(21-16)26-13-17(24)22-10-6-3-7-11-22/h2,4-5,8-9,14H,3,6-7,10-13H2,1H3. The summed E-state index contributed by atoms with van der Waals surface area (Å²) in [6, 6.07) is 9.58. The summed E-state index contributed by atoms with van der Waals surface area (Å²) < 4.78 is 1.66. The minimum atomic E-state index is -0.0199. The number of hydrogen-bond donors (Lipinski definition) is 0. The molecule has 1 unspecified atom stereocenters. The van der Waals surface area contributed by atoms with Gasteiger partial charge in [0.1, 0.15) is 0 Å². The Labute approximate surface area is 167 Å². The van der Waals surface area contributed by atoms with Crippen LogP contribution in [0.15, 0.2) is 45.2 Å². The van der Waals surface area contributed by atoms with Gasteiger partial charge in [-0.25, -0.2) is 4.98 Å². The molecule has 0 saturated carbocycles. The van der Waals surface area contributed by atoms with Crippen LogP contribution < -0.4 is 5.56 Å². The quantitative estimate of drug-likeness (QED) is 0.581. The summed E-state index contributed by atoms with van der Waals surface area (Å²) >= 11 is 2.98. The van der Waals surface area contributed by atoms with Crippen LogP contribution in [0.5, 0.6) is 0 Å². The topological polar surface area (TPSA) is 55.2 Å². The molecule has 4 rings (SSSR count). The van der Waals surface area contributed by atoms with Crippen LogP contribution in [0.3, 0.4) is 0 Å². The summed E-state index contributed by atoms with van der Waals surface area (Å²) in [4.78, 5) is 33.2. The fourth-order valence-electron chi connectivity index (χ4n) is 3.56. The zero-order chi connectivity index (χ0) is 18.8. The first-order chi connectivity index (χ1) is 13.1. The van der Waals surface area contributed by atoms with E-state index in [-0.39, 0.29) is 11.5 Å². The van der Waals surface area contributed by atoms with Crippen LogP contribution in [-0.4, -0.2) is 44.5 Å². The van der Waals surface area contributed by atoms with Gasteiger partial charge in [0.25, 0.3) is 5.56 Å². The molecule has 0 aliphatic carbocycles. The second kappa shape index (κ2) is 8.10. The van der Waals surface area contributed by atoms with E-state index in [1.165, 1.54) is 18.2 Å². The molecule has 142 valence electrons. The van der Waals surface area contributed by atoms with Crippen LogP contribution in [0, 0.1) is 0 Å². The van der Waals surface area contributed by atoms with Crippen LogP contribution in [0.25, 0.3) is 5.69 Å². The molecule has 2 aliphatic heterocycles. The number of likely N-dealkylation sites (tertiary alicyclic amines) is 1. The Morgan fingerprint density at radius 1 is 1.22 bits per heavy atom. The Morgan fingerprint density at radius 2 is 1.96 bits per heavy atom. The number of para-hydroxylation sites is 1. The molecule has 0 N–H and O–H groups in total. The number of aromatic nitrogens is 2. The Balaban J connectivity index is 1.65. The Morgan fingerprint density at radius 3 is 2.70 bits per heavy atom. The first-order valence-electron chi connectivity index (χ1n) is 9.42. The molecule has 0 spiro atoms. The van der Waals surface area contributed by atoms with E-state index in [9.17, 15) is 9.59 Å². The molecule has 3 heterocycles. The number of hydrogen-bond acceptors (Lipinski definition) is 5. The van der Waals surface area contributed by atoms with E-state index in [1.807, 2.05) is 35.2 Å². The molecule has 1 aromatic carbocycles. The van der Waals surface area contributed by atoms with Gasteiger partial charge in [-0.1, -0.05) is 36.9 Å². The number of amides is 1. The van der Waals surface area contributed by atoms with Gasteiger partial charge in [-0.3, -0.25) is 14.2 Å². The van der Waals surface area contributed by atoms with Gasteiger partial charge in [0.2, 0.25) is 5.91 Å². The van der Waals surface area contributed by atoms with Gasteiger partial charge in [-0.15, -0.1) is 11.8 Å². The van der Waals surface area contributed by atoms with Crippen LogP contribution in [0.4, 0.5) is 0 Å². The number of carbonyl (C=O) groups is 1. The van der Waals surface area contributed by atoms with Gasteiger partial charge in [0.15, 0.2) is 5.16 Å². The van der Waals surface area contributed by atoms with E-state index < -0.39 is 0 Å². The van der Waals surface area contributed by atoms with Gasteiger partial charge in [-0.2, -0.15) is 0 Å². The highest BCUT2D eigenvalue weighted by atomic mass is 32.2. The summed E-state index contributed by atoms with van der Waals surface area (Å²) in [6.45, 7) is 3.80. The largest absolute Gasteiger partial charge is 0.342 e. The van der Waals surface area contributed by atoms with Crippen molar-refractivity contribution >= 4 is 29.4 Å². The maximum Gasteiger partial charge on any atom is 0.272 e. The SMILES string of the molecule is CC1Cc2nc(SCC(=O)N3CCCCC3)n(-c3ccccc3)c(=O)c2S1. The molecule has 1 amide bonds. The van der Waals surface area contributed by atoms with Crippen LogP contribution in [-0.2, 0) is 11.2 Å². The lowest BCUT2D eigenvalue weighted by atomic mass is 10.1. The van der Waals surface area contributed by atoms with Gasteiger partial charge in [-0.05, 0) is 31.4 Å². The van der Waals surface area contributed by atoms with E-state index in [2.05, 4.69) is 6.92 Å². The van der Waals surface area contributed by atoms with Crippen molar-refractivity contribution in [3.63, 3.8) is 0 Å². The van der Waals surface area contributed by atoms with Crippen molar-refractivity contribution in [2.45, 2.75) is 47.9 Å². The molecule has 5 nitrogen and oxygen atoms in total. The Kier molecular flexibility index (Phi) is 5.59. The third kappa shape index (κ3) is 3.94. The number of thioether (sulfide) groups is 2. The van der Waals surface area contributed by atoms with Gasteiger partial charge in [0.05, 0.1) is 22.0 Å². The van der Waals surface area contributed by atoms with Crippen LogP contribution in [0.2, 0.25) is 0 Å². The average Bonchev–Trinajstić information content (AvgIpc) is 3.08. The van der Waals surface area contributed by atoms with E-state index in [4.69, 9.17) is 4.98 Å². The summed E-state index contributed by atoms with van der Waals surface area (Å²) in [7, 11) is 0. The van der Waals surface area contributed by atoms with Crippen molar-refractivity contribution in [3.8, 4) is 5.69 Å². The summed E-state index contributed by atoms with van der Waals surface area (Å²) in [6.07, 6.45) is 4.17. The van der Waals surface area contributed by atoms with Crippen LogP contribution in [0.1, 0.15) is 31.9 Å². The first-order valence-corrected chi connectivity index (χ1v) is 11.3. The van der Waals surface area contributed by atoms with E-state index in [1.54, 1.807) is 16.3 Å². The smallest absolute Gasteiger partial charge is 0.272 e. The summed E-state index contributed by atoms with van der Waals surface area (Å²) in [5.74, 6) is 0.456. The molecule has 27 heavy (non-hydrogen) atoms. The zero-order valence-corrected chi connectivity index (χ0v) is 17.0. The molecule has 2 aliphatic rings. The first kappa shape index (κ1) is 18.6. The van der Waals surface area contributed by atoms with Gasteiger partial charge in [0, 0.05) is 24.8 Å². The highest BCUT2D eigenvalue weighted by Crippen LogP contribution is 2.34. The van der Waals surface area contributed by atoms with Crippen molar-refractivity contribution in [1.82, 2.24) is 14.5 Å². The molecule has 0 radical (unpaired) electrons. The Bertz CT molecular complexity index is 892. The maximum atomic E-state index is 13.2. The number of rotatable bonds is 4. The lowest BCUT2D eigenvalue weighted by molar-refractivity contribution is -0.129. The molecule has 1 aromatic heterocycles. The average molecular weight is 402 g/mol. The van der Waals surface area contributed by atoms with Crippen LogP contribution >= 0.6 is 23.5 Å². The molecular formula is C20H23N3O2S2. The van der Waals surface area contributed by atoms with Crippen molar-refractivity contribution in [1.29, 1.82) is 0 Å². The predicted molar refractivity (Wildman–Crippen MR) is 110 cm³/mol. The number of nitrogens with zero attached hydrogens (tertiary/aromatic N) is 3. The Hall–Kier alpha value is -1.73. The van der Waals surface area contributed by atoms with Crippen molar-refractivity contribution in [2.75, 3.05) is 18.8 Å². The molecule has 0 bridgehead atoms. The summed E-state index contributed by atoms with van der Waals surface area (Å²) in [5, 5.41) is 0.977. The second-order valence-corrected chi connectivity index (χ2v) is 9.40. The highest BCUT2D eigenvalue weighted by Gasteiger charge is 2.27. The number of carbonyl (C=O) groups excluding carboxylic acids is 1. The van der Waals surface area contributed by atoms with Gasteiger partial charge < -0.3 is 4.90 Å². The highest BCUT2D eigenvalue weighted by molar-refractivity contribution is 8.00. The minimum Gasteiger partial charge on any atom is -0.342 e. The second-order valence-electron chi connectivity index (χ2n) is 7.01. The molecule has 1 fully saturated rings.